The molecule has 0 aliphatic carbocycles. The summed E-state index contributed by atoms with van der Waals surface area (Å²) in [6.45, 7) is -0.0390. The summed E-state index contributed by atoms with van der Waals surface area (Å²) in [5.41, 5.74) is -0.727. The number of benzene rings is 1. The molecule has 3 N–H and O–H groups in total. The van der Waals surface area contributed by atoms with Gasteiger partial charge in [0.2, 0.25) is 0 Å². The zero-order valence-corrected chi connectivity index (χ0v) is 8.66. The van der Waals surface area contributed by atoms with Gasteiger partial charge < -0.3 is 15.7 Å². The second-order valence-electron chi connectivity index (χ2n) is 2.98. The number of carbonyl (C=O) groups is 2. The van der Waals surface area contributed by atoms with E-state index in [4.69, 9.17) is 11.5 Å². The quantitative estimate of drug-likeness (QED) is 0.692. The summed E-state index contributed by atoms with van der Waals surface area (Å²) in [6, 6.07) is 2.70. The van der Waals surface area contributed by atoms with Crippen molar-refractivity contribution < 1.29 is 19.1 Å². The molecule has 0 radical (unpaired) electrons. The van der Waals surface area contributed by atoms with Crippen LogP contribution in [0.3, 0.4) is 0 Å². The number of carbonyl (C=O) groups excluding carboxylic acids is 1. The topological polar surface area (TPSA) is 78.4 Å². The van der Waals surface area contributed by atoms with Crippen LogP contribution in [0.1, 0.15) is 10.4 Å². The van der Waals surface area contributed by atoms with Gasteiger partial charge in [-0.3, -0.25) is 0 Å². The van der Waals surface area contributed by atoms with E-state index >= 15 is 0 Å². The van der Waals surface area contributed by atoms with Gasteiger partial charge in [-0.25, -0.2) is 14.0 Å². The predicted molar refractivity (Wildman–Crippen MR) is 59.2 cm³/mol. The third kappa shape index (κ3) is 3.21. The summed E-state index contributed by atoms with van der Waals surface area (Å²) in [6.07, 6.45) is 4.92. The number of amides is 2. The minimum Gasteiger partial charge on any atom is -0.478 e. The monoisotopic (exact) mass is 236 g/mol. The fourth-order valence-corrected chi connectivity index (χ4v) is 1.12. The van der Waals surface area contributed by atoms with Crippen molar-refractivity contribution in [3.05, 3.63) is 29.6 Å². The van der Waals surface area contributed by atoms with Gasteiger partial charge in [0, 0.05) is 0 Å². The van der Waals surface area contributed by atoms with E-state index < -0.39 is 23.5 Å². The Morgan fingerprint density at radius 2 is 2.18 bits per heavy atom. The van der Waals surface area contributed by atoms with Gasteiger partial charge in [0.05, 0.1) is 17.8 Å². The molecule has 0 saturated carbocycles. The standard InChI is InChI=1S/C11H9FN2O3/c1-2-6-13-11(17)14-9-7(10(15)16)4-3-5-8(9)12/h1,3-5H,6H2,(H,15,16)(H2,13,14,17). The molecule has 1 rings (SSSR count). The molecule has 2 amide bonds. The van der Waals surface area contributed by atoms with Crippen LogP contribution in [0, 0.1) is 18.2 Å². The Morgan fingerprint density at radius 1 is 1.47 bits per heavy atom. The summed E-state index contributed by atoms with van der Waals surface area (Å²) >= 11 is 0. The summed E-state index contributed by atoms with van der Waals surface area (Å²) in [5.74, 6) is -0.0146. The molecule has 17 heavy (non-hydrogen) atoms. The SMILES string of the molecule is C#CCNC(=O)Nc1c(F)cccc1C(=O)O. The average Bonchev–Trinajstić information content (AvgIpc) is 2.28. The number of halogens is 1. The number of carboxylic acids is 1. The zero-order chi connectivity index (χ0) is 12.8. The first-order valence-corrected chi connectivity index (χ1v) is 4.56. The van der Waals surface area contributed by atoms with Gasteiger partial charge in [-0.05, 0) is 12.1 Å². The number of carboxylic acid groups (broad SMARTS) is 1. The summed E-state index contributed by atoms with van der Waals surface area (Å²) < 4.78 is 13.3. The number of hydrogen-bond acceptors (Lipinski definition) is 2. The minimum atomic E-state index is -1.34. The predicted octanol–water partition coefficient (Wildman–Crippen LogP) is 1.28. The Labute approximate surface area is 96.6 Å². The van der Waals surface area contributed by atoms with Crippen LogP contribution in [0.4, 0.5) is 14.9 Å². The number of urea groups is 1. The van der Waals surface area contributed by atoms with Crippen molar-refractivity contribution in [2.24, 2.45) is 0 Å². The number of terminal acetylenes is 1. The van der Waals surface area contributed by atoms with Crippen LogP contribution in [-0.4, -0.2) is 23.7 Å². The first-order valence-electron chi connectivity index (χ1n) is 4.56. The first kappa shape index (κ1) is 12.5. The molecule has 0 saturated heterocycles. The molecule has 0 aromatic heterocycles. The van der Waals surface area contributed by atoms with Gasteiger partial charge in [0.15, 0.2) is 0 Å². The lowest BCUT2D eigenvalue weighted by atomic mass is 10.1. The molecule has 0 spiro atoms. The van der Waals surface area contributed by atoms with Crippen molar-refractivity contribution in [3.63, 3.8) is 0 Å². The Morgan fingerprint density at radius 3 is 2.76 bits per heavy atom. The van der Waals surface area contributed by atoms with Gasteiger partial charge in [-0.2, -0.15) is 0 Å². The summed E-state index contributed by atoms with van der Waals surface area (Å²) in [4.78, 5) is 22.0. The van der Waals surface area contributed by atoms with Crippen molar-refractivity contribution >= 4 is 17.7 Å². The van der Waals surface area contributed by atoms with E-state index in [0.717, 1.165) is 6.07 Å². The van der Waals surface area contributed by atoms with Crippen LogP contribution in [0.15, 0.2) is 18.2 Å². The lowest BCUT2D eigenvalue weighted by Crippen LogP contribution is -2.30. The lowest BCUT2D eigenvalue weighted by molar-refractivity contribution is 0.0697. The highest BCUT2D eigenvalue weighted by molar-refractivity contribution is 6.00. The van der Waals surface area contributed by atoms with Crippen molar-refractivity contribution in [1.82, 2.24) is 5.32 Å². The molecule has 0 atom stereocenters. The molecule has 0 aliphatic rings. The lowest BCUT2D eigenvalue weighted by Gasteiger charge is -2.09. The minimum absolute atomic E-state index is 0.0390. The van der Waals surface area contributed by atoms with Crippen LogP contribution in [0.25, 0.3) is 0 Å². The maximum absolute atomic E-state index is 13.3. The Hall–Kier alpha value is -2.55. The molecule has 0 fully saturated rings. The molecule has 0 bridgehead atoms. The van der Waals surface area contributed by atoms with E-state index in [1.807, 2.05) is 0 Å². The van der Waals surface area contributed by atoms with Crippen molar-refractivity contribution in [2.75, 3.05) is 11.9 Å². The maximum atomic E-state index is 13.3. The average molecular weight is 236 g/mol. The Bertz CT molecular complexity index is 494. The molecule has 0 aliphatic heterocycles. The van der Waals surface area contributed by atoms with Crippen molar-refractivity contribution in [1.29, 1.82) is 0 Å². The van der Waals surface area contributed by atoms with Crippen LogP contribution in [0.5, 0.6) is 0 Å². The van der Waals surface area contributed by atoms with E-state index in [2.05, 4.69) is 16.6 Å². The van der Waals surface area contributed by atoms with Crippen molar-refractivity contribution in [3.8, 4) is 12.3 Å². The number of nitrogens with one attached hydrogen (secondary N) is 2. The molecule has 1 aromatic carbocycles. The van der Waals surface area contributed by atoms with Crippen LogP contribution in [-0.2, 0) is 0 Å². The highest BCUT2D eigenvalue weighted by atomic mass is 19.1. The Balaban J connectivity index is 2.94. The van der Waals surface area contributed by atoms with Gasteiger partial charge in [-0.15, -0.1) is 6.42 Å². The maximum Gasteiger partial charge on any atom is 0.337 e. The van der Waals surface area contributed by atoms with Crippen LogP contribution in [0.2, 0.25) is 0 Å². The number of para-hydroxylation sites is 1. The fourth-order valence-electron chi connectivity index (χ4n) is 1.12. The zero-order valence-electron chi connectivity index (χ0n) is 8.66. The van der Waals surface area contributed by atoms with Gasteiger partial charge in [-0.1, -0.05) is 12.0 Å². The number of anilines is 1. The highest BCUT2D eigenvalue weighted by Gasteiger charge is 2.15. The molecular formula is C11H9FN2O3. The molecule has 5 nitrogen and oxygen atoms in total. The van der Waals surface area contributed by atoms with E-state index in [-0.39, 0.29) is 12.1 Å². The normalized spacial score (nSPS) is 9.18. The molecule has 0 unspecified atom stereocenters. The number of aromatic carboxylic acids is 1. The van der Waals surface area contributed by atoms with E-state index in [9.17, 15) is 14.0 Å². The molecule has 6 heteroatoms. The van der Waals surface area contributed by atoms with Crippen LogP contribution >= 0.6 is 0 Å². The van der Waals surface area contributed by atoms with Gasteiger partial charge in [0.25, 0.3) is 0 Å². The van der Waals surface area contributed by atoms with Crippen LogP contribution < -0.4 is 10.6 Å². The van der Waals surface area contributed by atoms with Gasteiger partial charge >= 0.3 is 12.0 Å². The third-order valence-electron chi connectivity index (χ3n) is 1.83. The summed E-state index contributed by atoms with van der Waals surface area (Å²) in [5, 5.41) is 13.1. The molecular weight excluding hydrogens is 227 g/mol. The van der Waals surface area contributed by atoms with E-state index in [1.165, 1.54) is 12.1 Å². The number of hydrogen-bond donors (Lipinski definition) is 3. The first-order chi connectivity index (χ1) is 8.06. The Kier molecular flexibility index (Phi) is 4.06. The van der Waals surface area contributed by atoms with E-state index in [1.54, 1.807) is 0 Å². The fraction of sp³-hybridized carbons (Fsp3) is 0.0909. The van der Waals surface area contributed by atoms with E-state index in [0.29, 0.717) is 0 Å². The van der Waals surface area contributed by atoms with Gasteiger partial charge in [0.1, 0.15) is 5.82 Å². The largest absolute Gasteiger partial charge is 0.478 e. The third-order valence-corrected chi connectivity index (χ3v) is 1.83. The second-order valence-corrected chi connectivity index (χ2v) is 2.98. The molecule has 88 valence electrons. The number of rotatable bonds is 3. The molecule has 0 heterocycles. The van der Waals surface area contributed by atoms with Crippen molar-refractivity contribution in [2.45, 2.75) is 0 Å². The smallest absolute Gasteiger partial charge is 0.337 e. The molecule has 1 aromatic rings. The summed E-state index contributed by atoms with van der Waals surface area (Å²) in [7, 11) is 0. The highest BCUT2D eigenvalue weighted by Crippen LogP contribution is 2.19. The second kappa shape index (κ2) is 5.51.